The number of carboxylic acids is 1. The minimum absolute atomic E-state index is 0.0412. The van der Waals surface area contributed by atoms with Gasteiger partial charge in [0.2, 0.25) is 5.82 Å². The highest BCUT2D eigenvalue weighted by atomic mass is 19.4. The minimum atomic E-state index is -4.83. The zero-order chi connectivity index (χ0) is 64.3. The number of amides is 5. The molecule has 7 N–H and O–H groups in total. The van der Waals surface area contributed by atoms with Gasteiger partial charge < -0.3 is 31.7 Å². The average Bonchev–Trinajstić information content (AvgIpc) is 2.77. The fourth-order valence-corrected chi connectivity index (χ4v) is 7.41. The summed E-state index contributed by atoms with van der Waals surface area (Å²) >= 11 is 0. The molecule has 9 aromatic rings. The molecule has 0 aliphatic heterocycles. The van der Waals surface area contributed by atoms with E-state index in [1.165, 1.54) is 109 Å². The lowest BCUT2D eigenvalue weighted by Gasteiger charge is -2.22. The van der Waals surface area contributed by atoms with Crippen molar-refractivity contribution in [1.29, 1.82) is 5.26 Å². The molecule has 0 saturated heterocycles. The lowest BCUT2D eigenvalue weighted by Crippen LogP contribution is -2.38. The van der Waals surface area contributed by atoms with E-state index in [1.54, 1.807) is 6.07 Å². The largest absolute Gasteiger partial charge is 0.477 e. The van der Waals surface area contributed by atoms with Crippen LogP contribution in [0.2, 0.25) is 0 Å². The third-order valence-corrected chi connectivity index (χ3v) is 11.9. The van der Waals surface area contributed by atoms with Crippen LogP contribution in [-0.2, 0) is 19.6 Å². The molecular weight excluding hydrogens is 1190 g/mol. The summed E-state index contributed by atoms with van der Waals surface area (Å²) in [7, 11) is 0. The Morgan fingerprint density at radius 2 is 0.798 bits per heavy atom. The molecule has 0 aliphatic rings. The molecule has 0 fully saturated rings. The van der Waals surface area contributed by atoms with Crippen molar-refractivity contribution in [2.75, 3.05) is 0 Å². The molecule has 4 aromatic heterocycles. The molecule has 23 nitrogen and oxygen atoms in total. The predicted octanol–water partition coefficient (Wildman–Crippen LogP) is 7.45. The lowest BCUT2D eigenvalue weighted by molar-refractivity contribution is -0.155. The number of nitrogens with zero attached hydrogens (tertiary/aromatic N) is 10. The zero-order valence-corrected chi connectivity index (χ0v) is 45.1. The number of hydrogen-bond donors (Lipinski definition) is 7. The maximum atomic E-state index is 13.8. The third-order valence-electron chi connectivity index (χ3n) is 11.9. The van der Waals surface area contributed by atoms with E-state index in [9.17, 15) is 68.3 Å². The van der Waals surface area contributed by atoms with Gasteiger partial charge in [-0.1, -0.05) is 72.8 Å². The monoisotopic (exact) mass is 1230 g/mol. The molecule has 32 heteroatoms. The summed E-state index contributed by atoms with van der Waals surface area (Å²) in [5, 5.41) is 42.1. The van der Waals surface area contributed by atoms with Gasteiger partial charge in [0.25, 0.3) is 29.5 Å². The SMILES string of the molecule is N#Cc1ccc([C@@H](NC(=O)c2cc(C(=O)NCc3ccc(F)cc3)ncn2)C(F)(F)F)cc1.O=C(NCc1ccc(F)cc1)c1cc(C(=O)N[C@H](c2ccc(-c3nn[nH]n3)cc2)C(F)(F)F)ncn1.O=C(O)c1cc(C(=O)NCc2ccc(F)cc2)ncn1. The number of rotatable bonds is 17. The van der Waals surface area contributed by atoms with E-state index in [0.717, 1.165) is 49.3 Å². The van der Waals surface area contributed by atoms with Crippen molar-refractivity contribution in [3.8, 4) is 17.5 Å². The number of H-pyrrole nitrogens is 1. The molecule has 2 atom stereocenters. The number of benzene rings is 5. The second-order valence-electron chi connectivity index (χ2n) is 18.1. The molecule has 89 heavy (non-hydrogen) atoms. The Bertz CT molecular complexity index is 3970. The number of halogens is 9. The first-order chi connectivity index (χ1) is 42.4. The van der Waals surface area contributed by atoms with Crippen molar-refractivity contribution in [1.82, 2.24) is 77.1 Å². The molecule has 0 bridgehead atoms. The average molecular weight is 1230 g/mol. The van der Waals surface area contributed by atoms with Crippen LogP contribution in [0, 0.1) is 28.8 Å². The Balaban J connectivity index is 0.000000198. The Morgan fingerprint density at radius 3 is 1.11 bits per heavy atom. The predicted molar refractivity (Wildman–Crippen MR) is 289 cm³/mol. The van der Waals surface area contributed by atoms with Gasteiger partial charge in [-0.15, -0.1) is 10.2 Å². The van der Waals surface area contributed by atoms with Crippen LogP contribution in [0.25, 0.3) is 11.4 Å². The van der Waals surface area contributed by atoms with Crippen molar-refractivity contribution >= 4 is 35.5 Å². The van der Waals surface area contributed by atoms with E-state index in [0.29, 0.717) is 22.3 Å². The summed E-state index contributed by atoms with van der Waals surface area (Å²) in [6.45, 7) is 0.269. The number of carbonyl (C=O) groups excluding carboxylic acids is 5. The van der Waals surface area contributed by atoms with Gasteiger partial charge in [0, 0.05) is 43.4 Å². The maximum Gasteiger partial charge on any atom is 0.412 e. The van der Waals surface area contributed by atoms with Crippen LogP contribution in [0.4, 0.5) is 39.5 Å². The number of aromatic carboxylic acids is 1. The summed E-state index contributed by atoms with van der Waals surface area (Å²) in [5.74, 6) is -6.52. The van der Waals surface area contributed by atoms with Gasteiger partial charge in [0.1, 0.15) is 64.9 Å². The van der Waals surface area contributed by atoms with Crippen LogP contribution < -0.4 is 26.6 Å². The van der Waals surface area contributed by atoms with Crippen molar-refractivity contribution in [2.24, 2.45) is 0 Å². The number of alkyl halides is 6. The van der Waals surface area contributed by atoms with Crippen LogP contribution in [0.5, 0.6) is 0 Å². The number of tetrazole rings is 1. The number of aromatic amines is 1. The highest BCUT2D eigenvalue weighted by Crippen LogP contribution is 2.35. The number of carboxylic acid groups (broad SMARTS) is 1. The smallest absolute Gasteiger partial charge is 0.412 e. The summed E-state index contributed by atoms with van der Waals surface area (Å²) in [5.41, 5.74) is 0.348. The minimum Gasteiger partial charge on any atom is -0.477 e. The van der Waals surface area contributed by atoms with Crippen molar-refractivity contribution in [3.05, 3.63) is 244 Å². The highest BCUT2D eigenvalue weighted by Gasteiger charge is 2.43. The molecule has 0 unspecified atom stereocenters. The van der Waals surface area contributed by atoms with Crippen molar-refractivity contribution in [3.63, 3.8) is 0 Å². The topological polar surface area (TPSA) is 338 Å². The Kier molecular flexibility index (Phi) is 21.6. The van der Waals surface area contributed by atoms with Crippen molar-refractivity contribution < 1.29 is 73.4 Å². The fraction of sp³-hybridized carbons (Fsp3) is 0.123. The van der Waals surface area contributed by atoms with Gasteiger partial charge in [0.05, 0.1) is 11.6 Å². The summed E-state index contributed by atoms with van der Waals surface area (Å²) < 4.78 is 121. The Morgan fingerprint density at radius 1 is 0.472 bits per heavy atom. The summed E-state index contributed by atoms with van der Waals surface area (Å²) in [6, 6.07) is 26.2. The molecule has 5 amide bonds. The number of carbonyl (C=O) groups is 6. The van der Waals surface area contributed by atoms with Gasteiger partial charge >= 0.3 is 18.3 Å². The summed E-state index contributed by atoms with van der Waals surface area (Å²) in [6.07, 6.45) is -6.87. The van der Waals surface area contributed by atoms with Crippen LogP contribution in [0.15, 0.2) is 159 Å². The Hall–Kier alpha value is -11.9. The van der Waals surface area contributed by atoms with Gasteiger partial charge in [-0.3, -0.25) is 24.0 Å². The van der Waals surface area contributed by atoms with Gasteiger partial charge in [0.15, 0.2) is 17.8 Å². The standard InChI is InChI=1S/C22H16F4N8O2.C22H15F4N5O2.C13H10FN3O3/c23-15-7-1-12(2-8-15)10-27-20(35)16-9-17(29-11-28-16)21(36)30-18(22(24,25)26)13-3-5-14(6-4-13)19-31-33-34-32-19;23-16-7-3-14(4-8-16)11-28-20(32)17-9-18(30-12-29-17)21(33)31-19(22(24,25)26)15-5-1-13(10-27)2-6-15;14-9-3-1-8(2-4-9)6-15-12(18)10-5-11(13(19)20)17-7-16-10/h1-9,11,18H,10H2,(H,27,35)(H,30,36)(H,31,32,33,34);1-9,12,19H,11H2,(H,28,32)(H,31,33);1-5,7H,6H2,(H,15,18)(H,19,20)/t18-;19-;/m11./s1. The molecule has 9 rings (SSSR count). The molecule has 0 spiro atoms. The van der Waals surface area contributed by atoms with E-state index in [2.05, 4.69) is 66.5 Å². The molecule has 454 valence electrons. The van der Waals surface area contributed by atoms with E-state index in [4.69, 9.17) is 10.4 Å². The quantitative estimate of drug-likeness (QED) is 0.0435. The van der Waals surface area contributed by atoms with Crippen molar-refractivity contribution in [2.45, 2.75) is 44.1 Å². The molecule has 0 radical (unpaired) electrons. The van der Waals surface area contributed by atoms with Crippen LogP contribution in [0.1, 0.15) is 108 Å². The summed E-state index contributed by atoms with van der Waals surface area (Å²) in [4.78, 5) is 94.4. The van der Waals surface area contributed by atoms with Crippen LogP contribution >= 0.6 is 0 Å². The van der Waals surface area contributed by atoms with Crippen LogP contribution in [-0.4, -0.2) is 103 Å². The Labute approximate surface area is 494 Å². The molecule has 4 heterocycles. The molecule has 0 saturated carbocycles. The van der Waals surface area contributed by atoms with E-state index >= 15 is 0 Å². The van der Waals surface area contributed by atoms with Crippen LogP contribution in [0.3, 0.4) is 0 Å². The van der Waals surface area contributed by atoms with E-state index in [1.807, 2.05) is 10.6 Å². The number of nitriles is 1. The maximum absolute atomic E-state index is 13.8. The zero-order valence-electron chi connectivity index (χ0n) is 45.1. The lowest BCUT2D eigenvalue weighted by atomic mass is 10.0. The van der Waals surface area contributed by atoms with E-state index in [-0.39, 0.29) is 70.7 Å². The fourth-order valence-electron chi connectivity index (χ4n) is 7.41. The number of hydrogen-bond acceptors (Lipinski definition) is 16. The number of nitrogens with one attached hydrogen (secondary N) is 6. The first-order valence-corrected chi connectivity index (χ1v) is 25.3. The first-order valence-electron chi connectivity index (χ1n) is 25.3. The first kappa shape index (κ1) is 64.6. The third kappa shape index (κ3) is 19.0. The van der Waals surface area contributed by atoms with Gasteiger partial charge in [-0.05, 0) is 81.6 Å². The normalized spacial score (nSPS) is 11.6. The highest BCUT2D eigenvalue weighted by molar-refractivity contribution is 5.98. The van der Waals surface area contributed by atoms with Gasteiger partial charge in [-0.2, -0.15) is 36.8 Å². The second kappa shape index (κ2) is 29.7. The number of aromatic nitrogens is 10. The van der Waals surface area contributed by atoms with Gasteiger partial charge in [-0.25, -0.2) is 47.9 Å². The van der Waals surface area contributed by atoms with E-state index < -0.39 is 83.0 Å². The molecule has 0 aliphatic carbocycles. The second-order valence-corrected chi connectivity index (χ2v) is 18.1. The molecular formula is C57H41F9N16O7. The molecule has 5 aromatic carbocycles.